The van der Waals surface area contributed by atoms with Crippen molar-refractivity contribution in [3.8, 4) is 11.5 Å². The van der Waals surface area contributed by atoms with Crippen LogP contribution in [-0.4, -0.2) is 76.9 Å². The number of carbonyl (C=O) groups is 2. The molecule has 2 aliphatic heterocycles. The lowest BCUT2D eigenvalue weighted by Gasteiger charge is -2.30. The number of hydrogen-bond donors (Lipinski definition) is 2. The number of unbranched alkanes of at least 4 members (excludes halogenated alkanes) is 1. The SMILES string of the molecule is CCCCN(CCCN)C(=O)CN1C[C@H](c2ccc3c(c2)OCO3)[C@@H](C(=O)O)[C@@H]1CCc1cccn1C. The molecule has 1 amide bonds. The first-order valence-electron chi connectivity index (χ1n) is 13.4. The van der Waals surface area contributed by atoms with Gasteiger partial charge in [0.25, 0.3) is 0 Å². The Kier molecular flexibility index (Phi) is 9.10. The minimum absolute atomic E-state index is 0.0428. The third-order valence-electron chi connectivity index (χ3n) is 7.71. The Balaban J connectivity index is 1.59. The third-order valence-corrected chi connectivity index (χ3v) is 7.71. The van der Waals surface area contributed by atoms with Gasteiger partial charge in [-0.15, -0.1) is 0 Å². The lowest BCUT2D eigenvalue weighted by molar-refractivity contribution is -0.143. The first kappa shape index (κ1) is 27.0. The van der Waals surface area contributed by atoms with E-state index in [0.29, 0.717) is 44.1 Å². The number of amides is 1. The number of nitrogens with two attached hydrogens (primary N) is 1. The summed E-state index contributed by atoms with van der Waals surface area (Å²) < 4.78 is 13.1. The van der Waals surface area contributed by atoms with Crippen molar-refractivity contribution in [2.45, 2.75) is 51.0 Å². The zero-order chi connectivity index (χ0) is 26.4. The van der Waals surface area contributed by atoms with Crippen LogP contribution in [0.1, 0.15) is 49.8 Å². The molecule has 9 nitrogen and oxygen atoms in total. The Labute approximate surface area is 219 Å². The van der Waals surface area contributed by atoms with Crippen LogP contribution >= 0.6 is 0 Å². The third kappa shape index (κ3) is 6.27. The second-order valence-corrected chi connectivity index (χ2v) is 10.1. The van der Waals surface area contributed by atoms with E-state index in [-0.39, 0.29) is 31.2 Å². The molecule has 0 unspecified atom stereocenters. The highest BCUT2D eigenvalue weighted by molar-refractivity contribution is 5.79. The number of carbonyl (C=O) groups excluding carboxylic acids is 1. The number of carboxylic acid groups (broad SMARTS) is 1. The van der Waals surface area contributed by atoms with Gasteiger partial charge in [-0.25, -0.2) is 0 Å². The van der Waals surface area contributed by atoms with E-state index >= 15 is 0 Å². The second-order valence-electron chi connectivity index (χ2n) is 10.1. The number of ether oxygens (including phenoxy) is 2. The summed E-state index contributed by atoms with van der Waals surface area (Å²) in [6, 6.07) is 9.48. The molecule has 0 spiro atoms. The molecule has 4 rings (SSSR count). The summed E-state index contributed by atoms with van der Waals surface area (Å²) in [4.78, 5) is 30.2. The molecule has 2 aromatic rings. The van der Waals surface area contributed by atoms with E-state index in [4.69, 9.17) is 15.2 Å². The Morgan fingerprint density at radius 2 is 1.95 bits per heavy atom. The highest BCUT2D eigenvalue weighted by Gasteiger charge is 2.47. The Morgan fingerprint density at radius 3 is 2.65 bits per heavy atom. The number of hydrogen-bond acceptors (Lipinski definition) is 6. The number of aromatic nitrogens is 1. The Hall–Kier alpha value is -3.04. The predicted octanol–water partition coefficient (Wildman–Crippen LogP) is 2.83. The summed E-state index contributed by atoms with van der Waals surface area (Å²) in [5.74, 6) is -0.369. The van der Waals surface area contributed by atoms with Gasteiger partial charge in [0.15, 0.2) is 11.5 Å². The van der Waals surface area contributed by atoms with Crippen molar-refractivity contribution in [1.29, 1.82) is 0 Å². The van der Waals surface area contributed by atoms with Crippen LogP contribution in [0.15, 0.2) is 36.5 Å². The maximum atomic E-state index is 13.5. The van der Waals surface area contributed by atoms with E-state index in [1.165, 1.54) is 0 Å². The Bertz CT molecular complexity index is 1060. The number of benzene rings is 1. The van der Waals surface area contributed by atoms with Crippen LogP contribution in [0.3, 0.4) is 0 Å². The van der Waals surface area contributed by atoms with Crippen LogP contribution in [-0.2, 0) is 23.1 Å². The van der Waals surface area contributed by atoms with E-state index < -0.39 is 11.9 Å². The lowest BCUT2D eigenvalue weighted by Crippen LogP contribution is -2.45. The minimum atomic E-state index is -0.833. The van der Waals surface area contributed by atoms with Crippen LogP contribution in [0.5, 0.6) is 11.5 Å². The van der Waals surface area contributed by atoms with E-state index in [1.54, 1.807) is 0 Å². The zero-order valence-electron chi connectivity index (χ0n) is 22.0. The van der Waals surface area contributed by atoms with Crippen LogP contribution in [0, 0.1) is 5.92 Å². The van der Waals surface area contributed by atoms with Gasteiger partial charge in [0, 0.05) is 50.5 Å². The number of aliphatic carboxylic acids is 1. The maximum Gasteiger partial charge on any atom is 0.308 e. The van der Waals surface area contributed by atoms with Crippen molar-refractivity contribution in [1.82, 2.24) is 14.4 Å². The molecule has 0 bridgehead atoms. The van der Waals surface area contributed by atoms with Crippen LogP contribution in [0.4, 0.5) is 0 Å². The second kappa shape index (κ2) is 12.5. The first-order chi connectivity index (χ1) is 17.9. The summed E-state index contributed by atoms with van der Waals surface area (Å²) >= 11 is 0. The smallest absolute Gasteiger partial charge is 0.308 e. The lowest BCUT2D eigenvalue weighted by atomic mass is 9.83. The fourth-order valence-corrected chi connectivity index (χ4v) is 5.65. The fourth-order valence-electron chi connectivity index (χ4n) is 5.65. The summed E-state index contributed by atoms with van der Waals surface area (Å²) in [5, 5.41) is 10.4. The summed E-state index contributed by atoms with van der Waals surface area (Å²) in [6.45, 7) is 4.85. The molecular weight excluding hydrogens is 472 g/mol. The molecular formula is C28H40N4O5. The number of carboxylic acids is 1. The molecule has 1 aromatic heterocycles. The Morgan fingerprint density at radius 1 is 1.16 bits per heavy atom. The standard InChI is InChI=1S/C28H40N4O5/c1-3-4-14-31(15-6-12-29)26(33)18-32-17-22(20-8-11-24-25(16-20)37-19-36-24)27(28(34)35)23(32)10-9-21-7-5-13-30(21)2/h5,7-8,11,13,16,22-23,27H,3-4,6,9-10,12,14-15,17-19,29H2,1-2H3,(H,34,35)/t22-,23+,27-/m1/s1. The van der Waals surface area contributed by atoms with Gasteiger partial charge >= 0.3 is 5.97 Å². The predicted molar refractivity (Wildman–Crippen MR) is 141 cm³/mol. The van der Waals surface area contributed by atoms with Gasteiger partial charge in [0.2, 0.25) is 12.7 Å². The summed E-state index contributed by atoms with van der Waals surface area (Å²) in [5.41, 5.74) is 7.78. The molecule has 3 heterocycles. The van der Waals surface area contributed by atoms with Crippen molar-refractivity contribution >= 4 is 11.9 Å². The van der Waals surface area contributed by atoms with Crippen molar-refractivity contribution in [3.05, 3.63) is 47.8 Å². The molecule has 3 N–H and O–H groups in total. The van der Waals surface area contributed by atoms with Gasteiger partial charge in [-0.1, -0.05) is 19.4 Å². The number of rotatable bonds is 13. The minimum Gasteiger partial charge on any atom is -0.481 e. The van der Waals surface area contributed by atoms with Crippen molar-refractivity contribution in [2.24, 2.45) is 18.7 Å². The normalized spacial score (nSPS) is 20.9. The molecule has 0 radical (unpaired) electrons. The van der Waals surface area contributed by atoms with Gasteiger partial charge in [0.1, 0.15) is 0 Å². The summed E-state index contributed by atoms with van der Waals surface area (Å²) in [6.07, 6.45) is 6.08. The van der Waals surface area contributed by atoms with Crippen LogP contribution in [0.25, 0.3) is 0 Å². The maximum absolute atomic E-state index is 13.5. The number of likely N-dealkylation sites (tertiary alicyclic amines) is 1. The van der Waals surface area contributed by atoms with Crippen LogP contribution in [0.2, 0.25) is 0 Å². The van der Waals surface area contributed by atoms with Crippen molar-refractivity contribution in [3.63, 3.8) is 0 Å². The van der Waals surface area contributed by atoms with Crippen molar-refractivity contribution in [2.75, 3.05) is 39.5 Å². The molecule has 37 heavy (non-hydrogen) atoms. The highest BCUT2D eigenvalue weighted by atomic mass is 16.7. The topological polar surface area (TPSA) is 110 Å². The quantitative estimate of drug-likeness (QED) is 0.425. The first-order valence-corrected chi connectivity index (χ1v) is 13.4. The zero-order valence-corrected chi connectivity index (χ0v) is 22.0. The fraction of sp³-hybridized carbons (Fsp3) is 0.571. The van der Waals surface area contributed by atoms with Crippen molar-refractivity contribution < 1.29 is 24.2 Å². The van der Waals surface area contributed by atoms with E-state index in [9.17, 15) is 14.7 Å². The molecule has 0 saturated carbocycles. The average molecular weight is 513 g/mol. The van der Waals surface area contributed by atoms with E-state index in [2.05, 4.69) is 22.5 Å². The number of fused-ring (bicyclic) bond motifs is 1. The number of nitrogens with zero attached hydrogens (tertiary/aromatic N) is 3. The van der Waals surface area contributed by atoms with E-state index in [1.807, 2.05) is 42.4 Å². The summed E-state index contributed by atoms with van der Waals surface area (Å²) in [7, 11) is 2.00. The molecule has 1 saturated heterocycles. The molecule has 202 valence electrons. The van der Waals surface area contributed by atoms with Gasteiger partial charge in [-0.2, -0.15) is 0 Å². The van der Waals surface area contributed by atoms with Gasteiger partial charge in [-0.05, 0) is 62.1 Å². The highest BCUT2D eigenvalue weighted by Crippen LogP contribution is 2.43. The largest absolute Gasteiger partial charge is 0.481 e. The van der Waals surface area contributed by atoms with Crippen LogP contribution < -0.4 is 15.2 Å². The molecule has 0 aliphatic carbocycles. The number of aryl methyl sites for hydroxylation is 2. The van der Waals surface area contributed by atoms with Gasteiger partial charge in [-0.3, -0.25) is 14.5 Å². The van der Waals surface area contributed by atoms with Gasteiger partial charge in [0.05, 0.1) is 12.5 Å². The molecule has 1 fully saturated rings. The molecule has 1 aromatic carbocycles. The monoisotopic (exact) mass is 512 g/mol. The molecule has 2 aliphatic rings. The van der Waals surface area contributed by atoms with E-state index in [0.717, 1.165) is 36.9 Å². The van der Waals surface area contributed by atoms with Gasteiger partial charge < -0.3 is 29.8 Å². The molecule has 9 heteroatoms. The average Bonchev–Trinajstić information content (AvgIpc) is 3.60. The molecule has 3 atom stereocenters.